The van der Waals surface area contributed by atoms with Gasteiger partial charge in [-0.15, -0.1) is 0 Å². The van der Waals surface area contributed by atoms with Gasteiger partial charge in [-0.05, 0) is 25.1 Å². The van der Waals surface area contributed by atoms with E-state index in [0.29, 0.717) is 12.2 Å². The summed E-state index contributed by atoms with van der Waals surface area (Å²) in [6, 6.07) is 12.6. The number of hydrogen-bond donors (Lipinski definition) is 2. The lowest BCUT2D eigenvalue weighted by atomic mass is 10.3. The summed E-state index contributed by atoms with van der Waals surface area (Å²) in [6.07, 6.45) is 1.57. The minimum absolute atomic E-state index is 0.212. The predicted molar refractivity (Wildman–Crippen MR) is 105 cm³/mol. The smallest absolute Gasteiger partial charge is 0.274 e. The Balaban J connectivity index is 1.74. The van der Waals surface area contributed by atoms with Crippen molar-refractivity contribution in [2.75, 3.05) is 55.1 Å². The molecule has 0 atom stereocenters. The number of pyridine rings is 1. The summed E-state index contributed by atoms with van der Waals surface area (Å²) >= 11 is 0. The Kier molecular flexibility index (Phi) is 6.30. The van der Waals surface area contributed by atoms with Gasteiger partial charge in [0.15, 0.2) is 0 Å². The van der Waals surface area contributed by atoms with Crippen LogP contribution in [0.15, 0.2) is 53.6 Å². The molecule has 0 saturated carbocycles. The van der Waals surface area contributed by atoms with Crippen LogP contribution in [0.4, 0.5) is 11.5 Å². The van der Waals surface area contributed by atoms with Crippen LogP contribution < -0.4 is 19.1 Å². The maximum Gasteiger partial charge on any atom is 0.274 e. The van der Waals surface area contributed by atoms with Crippen LogP contribution >= 0.6 is 0 Å². The zero-order chi connectivity index (χ0) is 19.3. The van der Waals surface area contributed by atoms with Gasteiger partial charge in [0.2, 0.25) is 0 Å². The number of aromatic amines is 1. The monoisotopic (exact) mass is 392 g/mol. The third-order valence-electron chi connectivity index (χ3n) is 4.96. The van der Waals surface area contributed by atoms with Gasteiger partial charge in [0, 0.05) is 12.6 Å². The van der Waals surface area contributed by atoms with E-state index < -0.39 is 10.0 Å². The summed E-state index contributed by atoms with van der Waals surface area (Å²) in [5, 5.41) is 9.05. The number of rotatable bonds is 7. The van der Waals surface area contributed by atoms with Crippen molar-refractivity contribution in [2.45, 2.75) is 11.8 Å². The van der Waals surface area contributed by atoms with Crippen LogP contribution in [0.5, 0.6) is 0 Å². The number of quaternary nitrogens is 1. The van der Waals surface area contributed by atoms with Gasteiger partial charge in [-0.2, -0.15) is 0 Å². The number of aliphatic hydroxyl groups is 1. The lowest BCUT2D eigenvalue weighted by Gasteiger charge is -2.28. The maximum atomic E-state index is 13.0. The van der Waals surface area contributed by atoms with Gasteiger partial charge in [0.25, 0.3) is 15.8 Å². The third-order valence-corrected chi connectivity index (χ3v) is 6.86. The SMILES string of the molecule is CCN(c1ccccc1)S(=O)(=O)c1ccc(N2CC[NH+](CCO)CC2)[nH+]c1. The molecule has 2 aromatic rings. The third kappa shape index (κ3) is 4.40. The summed E-state index contributed by atoms with van der Waals surface area (Å²) in [4.78, 5) is 7.01. The van der Waals surface area contributed by atoms with Gasteiger partial charge in [0.05, 0.1) is 12.3 Å². The van der Waals surface area contributed by atoms with Crippen molar-refractivity contribution in [3.05, 3.63) is 48.7 Å². The molecule has 1 aliphatic rings. The first kappa shape index (κ1) is 19.6. The fourth-order valence-corrected chi connectivity index (χ4v) is 4.89. The van der Waals surface area contributed by atoms with Gasteiger partial charge in [-0.1, -0.05) is 18.2 Å². The summed E-state index contributed by atoms with van der Waals surface area (Å²) in [6.45, 7) is 6.87. The van der Waals surface area contributed by atoms with Crippen molar-refractivity contribution in [2.24, 2.45) is 0 Å². The van der Waals surface area contributed by atoms with Crippen molar-refractivity contribution < 1.29 is 23.4 Å². The number of piperazine rings is 1. The standard InChI is InChI=1S/C19H26N4O3S/c1-2-23(17-6-4-3-5-7-17)27(25,26)18-8-9-19(20-16-18)22-12-10-21(11-13-22)14-15-24/h3-9,16,24H,2,10-15H2,1H3/p+2. The molecule has 1 fully saturated rings. The number of H-pyrrole nitrogens is 1. The zero-order valence-electron chi connectivity index (χ0n) is 15.6. The largest absolute Gasteiger partial charge is 0.391 e. The molecule has 3 N–H and O–H groups in total. The molecule has 0 spiro atoms. The molecular formula is C19H28N4O3S+2. The Hall–Kier alpha value is -2.16. The van der Waals surface area contributed by atoms with Gasteiger partial charge < -0.3 is 10.0 Å². The molecule has 1 saturated heterocycles. The number of benzene rings is 1. The molecule has 2 heterocycles. The molecule has 0 unspecified atom stereocenters. The van der Waals surface area contributed by atoms with Crippen LogP contribution in [0, 0.1) is 0 Å². The van der Waals surface area contributed by atoms with E-state index in [2.05, 4.69) is 9.88 Å². The van der Waals surface area contributed by atoms with Crippen LogP contribution in [0.1, 0.15) is 6.92 Å². The average molecular weight is 393 g/mol. The van der Waals surface area contributed by atoms with Crippen LogP contribution in [-0.2, 0) is 10.0 Å². The van der Waals surface area contributed by atoms with E-state index in [1.165, 1.54) is 9.21 Å². The molecule has 1 aromatic heterocycles. The summed E-state index contributed by atoms with van der Waals surface area (Å²) in [7, 11) is -3.62. The maximum absolute atomic E-state index is 13.0. The molecule has 27 heavy (non-hydrogen) atoms. The van der Waals surface area contributed by atoms with Crippen molar-refractivity contribution in [3.8, 4) is 0 Å². The second-order valence-electron chi connectivity index (χ2n) is 6.63. The quantitative estimate of drug-likeness (QED) is 0.660. The van der Waals surface area contributed by atoms with Crippen LogP contribution in [0.2, 0.25) is 0 Å². The fourth-order valence-electron chi connectivity index (χ4n) is 3.44. The van der Waals surface area contributed by atoms with Crippen molar-refractivity contribution >= 4 is 21.5 Å². The molecular weight excluding hydrogens is 364 g/mol. The minimum Gasteiger partial charge on any atom is -0.391 e. The van der Waals surface area contributed by atoms with Crippen molar-refractivity contribution in [3.63, 3.8) is 0 Å². The number of aromatic nitrogens is 1. The van der Waals surface area contributed by atoms with Crippen molar-refractivity contribution in [1.82, 2.24) is 0 Å². The number of nitrogens with one attached hydrogen (secondary N) is 2. The zero-order valence-corrected chi connectivity index (χ0v) is 16.5. The second kappa shape index (κ2) is 8.69. The summed E-state index contributed by atoms with van der Waals surface area (Å²) < 4.78 is 27.5. The number of nitrogens with zero attached hydrogens (tertiary/aromatic N) is 2. The minimum atomic E-state index is -3.62. The molecule has 0 aliphatic carbocycles. The number of anilines is 2. The molecule has 1 aliphatic heterocycles. The lowest BCUT2D eigenvalue weighted by Crippen LogP contribution is -3.15. The Bertz CT molecular complexity index is 820. The lowest BCUT2D eigenvalue weighted by molar-refractivity contribution is -0.901. The molecule has 0 bridgehead atoms. The first-order valence-electron chi connectivity index (χ1n) is 9.35. The van der Waals surface area contributed by atoms with E-state index in [-0.39, 0.29) is 11.5 Å². The molecule has 7 nitrogen and oxygen atoms in total. The second-order valence-corrected chi connectivity index (χ2v) is 8.49. The van der Waals surface area contributed by atoms with E-state index >= 15 is 0 Å². The number of sulfonamides is 1. The van der Waals surface area contributed by atoms with Gasteiger partial charge in [0.1, 0.15) is 43.8 Å². The normalized spacial score (nSPS) is 15.7. The summed E-state index contributed by atoms with van der Waals surface area (Å²) in [5.74, 6) is 0.916. The Labute approximate surface area is 160 Å². The Morgan fingerprint density at radius 3 is 2.41 bits per heavy atom. The van der Waals surface area contributed by atoms with E-state index in [0.717, 1.165) is 38.5 Å². The van der Waals surface area contributed by atoms with E-state index in [1.807, 2.05) is 31.2 Å². The topological polar surface area (TPSA) is 79.4 Å². The molecule has 1 aromatic carbocycles. The van der Waals surface area contributed by atoms with Gasteiger partial charge in [-0.25, -0.2) is 13.4 Å². The molecule has 3 rings (SSSR count). The van der Waals surface area contributed by atoms with E-state index in [4.69, 9.17) is 5.11 Å². The van der Waals surface area contributed by atoms with Gasteiger partial charge >= 0.3 is 0 Å². The number of hydrogen-bond acceptors (Lipinski definition) is 4. The highest BCUT2D eigenvalue weighted by atomic mass is 32.2. The highest BCUT2D eigenvalue weighted by Crippen LogP contribution is 2.23. The fraction of sp³-hybridized carbons (Fsp3) is 0.421. The van der Waals surface area contributed by atoms with Crippen LogP contribution in [0.3, 0.4) is 0 Å². The molecule has 146 valence electrons. The van der Waals surface area contributed by atoms with Crippen LogP contribution in [-0.4, -0.2) is 59.4 Å². The average Bonchev–Trinajstić information content (AvgIpc) is 2.70. The first-order chi connectivity index (χ1) is 13.1. The highest BCUT2D eigenvalue weighted by molar-refractivity contribution is 7.92. The van der Waals surface area contributed by atoms with E-state index in [9.17, 15) is 8.42 Å². The predicted octanol–water partition coefficient (Wildman–Crippen LogP) is -0.587. The van der Waals surface area contributed by atoms with Crippen molar-refractivity contribution in [1.29, 1.82) is 0 Å². The molecule has 0 radical (unpaired) electrons. The highest BCUT2D eigenvalue weighted by Gasteiger charge is 2.28. The number of para-hydroxylation sites is 1. The number of aliphatic hydroxyl groups excluding tert-OH is 1. The molecule has 8 heteroatoms. The van der Waals surface area contributed by atoms with E-state index in [1.54, 1.807) is 24.4 Å². The molecule has 0 amide bonds. The van der Waals surface area contributed by atoms with Gasteiger partial charge in [-0.3, -0.25) is 9.21 Å². The first-order valence-corrected chi connectivity index (χ1v) is 10.8. The Morgan fingerprint density at radius 2 is 1.85 bits per heavy atom. The Morgan fingerprint density at radius 1 is 1.15 bits per heavy atom. The summed E-state index contributed by atoms with van der Waals surface area (Å²) in [5.41, 5.74) is 0.659. The van der Waals surface area contributed by atoms with Crippen LogP contribution in [0.25, 0.3) is 0 Å².